The van der Waals surface area contributed by atoms with E-state index < -0.39 is 23.0 Å². The van der Waals surface area contributed by atoms with Crippen molar-refractivity contribution >= 4 is 5.97 Å². The SMILES string of the molecule is COC(=O)[C@@]12CCC(C)(C)C[C@H]1C1=CC[C@@H]3[C@]4(C)C[C@H](O)[C@@H](O)[C@@](C)(CO)[C@@H]4CC[C@@]3(C)[C@]1(C)CC2. The lowest BCUT2D eigenvalue weighted by Crippen LogP contribution is -2.68. The van der Waals surface area contributed by atoms with Crippen molar-refractivity contribution in [3.63, 3.8) is 0 Å². The smallest absolute Gasteiger partial charge is 0.312 e. The summed E-state index contributed by atoms with van der Waals surface area (Å²) < 4.78 is 5.47. The number of ether oxygens (including phenoxy) is 1. The van der Waals surface area contributed by atoms with Crippen molar-refractivity contribution in [2.24, 2.45) is 50.2 Å². The summed E-state index contributed by atoms with van der Waals surface area (Å²) in [6.07, 6.45) is 9.16. The van der Waals surface area contributed by atoms with Crippen LogP contribution in [0.5, 0.6) is 0 Å². The van der Waals surface area contributed by atoms with Crippen LogP contribution in [-0.2, 0) is 9.53 Å². The van der Waals surface area contributed by atoms with Crippen LogP contribution in [-0.4, -0.2) is 47.2 Å². The van der Waals surface area contributed by atoms with E-state index in [-0.39, 0.29) is 46.1 Å². The number of carbonyl (C=O) groups excluding carboxylic acids is 1. The van der Waals surface area contributed by atoms with Crippen molar-refractivity contribution in [2.75, 3.05) is 13.7 Å². The summed E-state index contributed by atoms with van der Waals surface area (Å²) in [6, 6.07) is 0. The molecule has 5 aliphatic carbocycles. The maximum absolute atomic E-state index is 13.4. The van der Waals surface area contributed by atoms with E-state index in [1.165, 1.54) is 5.57 Å². The molecule has 36 heavy (non-hydrogen) atoms. The molecule has 0 aromatic heterocycles. The number of aliphatic hydroxyl groups excluding tert-OH is 3. The number of hydrogen-bond donors (Lipinski definition) is 3. The van der Waals surface area contributed by atoms with E-state index in [0.717, 1.165) is 51.4 Å². The standard InChI is InChI=1S/C31H50O5/c1-26(2)12-14-31(25(35)36-7)15-13-29(5)19(20(31)16-26)8-9-23-27(3)17-21(33)24(34)28(4,18-32)22(27)10-11-30(23,29)6/h8,20-24,32-34H,9-18H2,1-7H3/t20-,21-,22+,23+,24+,27+,28-,29+,30+,31+/m0/s1. The molecule has 0 bridgehead atoms. The van der Waals surface area contributed by atoms with Crippen molar-refractivity contribution in [2.45, 2.75) is 112 Å². The summed E-state index contributed by atoms with van der Waals surface area (Å²) in [5.41, 5.74) is 0.445. The van der Waals surface area contributed by atoms with Crippen LogP contribution in [0.25, 0.3) is 0 Å². The molecule has 0 unspecified atom stereocenters. The predicted molar refractivity (Wildman–Crippen MR) is 140 cm³/mol. The number of fused-ring (bicyclic) bond motifs is 7. The molecule has 5 rings (SSSR count). The Morgan fingerprint density at radius 3 is 2.28 bits per heavy atom. The maximum atomic E-state index is 13.4. The third-order valence-corrected chi connectivity index (χ3v) is 13.3. The number of aliphatic hydroxyl groups is 3. The molecule has 0 spiro atoms. The number of allylic oxidation sites excluding steroid dienone is 2. The highest BCUT2D eigenvalue weighted by Gasteiger charge is 2.70. The topological polar surface area (TPSA) is 87.0 Å². The summed E-state index contributed by atoms with van der Waals surface area (Å²) in [5, 5.41) is 32.4. The van der Waals surface area contributed by atoms with Gasteiger partial charge in [-0.1, -0.05) is 53.2 Å². The second-order valence-electron chi connectivity index (χ2n) is 15.2. The molecule has 4 saturated carbocycles. The molecule has 5 aliphatic rings. The first-order chi connectivity index (χ1) is 16.7. The summed E-state index contributed by atoms with van der Waals surface area (Å²) in [4.78, 5) is 13.4. The number of hydrogen-bond acceptors (Lipinski definition) is 5. The lowest BCUT2D eigenvalue weighted by Gasteiger charge is -2.71. The van der Waals surface area contributed by atoms with Crippen LogP contribution in [0.2, 0.25) is 0 Å². The molecule has 5 nitrogen and oxygen atoms in total. The van der Waals surface area contributed by atoms with Crippen molar-refractivity contribution in [1.29, 1.82) is 0 Å². The number of rotatable bonds is 2. The van der Waals surface area contributed by atoms with Crippen LogP contribution in [0, 0.1) is 50.2 Å². The molecular formula is C31H50O5. The zero-order valence-corrected chi connectivity index (χ0v) is 23.7. The largest absolute Gasteiger partial charge is 0.469 e. The first-order valence-electron chi connectivity index (χ1n) is 14.4. The summed E-state index contributed by atoms with van der Waals surface area (Å²) >= 11 is 0. The average molecular weight is 503 g/mol. The first kappa shape index (κ1) is 26.7. The van der Waals surface area contributed by atoms with Crippen molar-refractivity contribution in [1.82, 2.24) is 0 Å². The minimum atomic E-state index is -0.893. The van der Waals surface area contributed by atoms with Gasteiger partial charge in [0.1, 0.15) is 0 Å². The van der Waals surface area contributed by atoms with Crippen LogP contribution in [0.15, 0.2) is 11.6 Å². The summed E-state index contributed by atoms with van der Waals surface area (Å²) in [6.45, 7) is 13.9. The van der Waals surface area contributed by atoms with Crippen LogP contribution < -0.4 is 0 Å². The predicted octanol–water partition coefficient (Wildman–Crippen LogP) is 5.27. The van der Waals surface area contributed by atoms with Gasteiger partial charge >= 0.3 is 5.97 Å². The van der Waals surface area contributed by atoms with Gasteiger partial charge in [0, 0.05) is 5.41 Å². The van der Waals surface area contributed by atoms with Gasteiger partial charge in [-0.05, 0) is 97.2 Å². The van der Waals surface area contributed by atoms with Gasteiger partial charge in [-0.2, -0.15) is 0 Å². The van der Waals surface area contributed by atoms with Gasteiger partial charge in [0.25, 0.3) is 0 Å². The van der Waals surface area contributed by atoms with Crippen LogP contribution in [0.4, 0.5) is 0 Å². The fourth-order valence-corrected chi connectivity index (χ4v) is 11.0. The Morgan fingerprint density at radius 2 is 1.64 bits per heavy atom. The van der Waals surface area contributed by atoms with Gasteiger partial charge in [0.05, 0.1) is 31.3 Å². The molecule has 0 saturated heterocycles. The fraction of sp³-hybridized carbons (Fsp3) is 0.903. The van der Waals surface area contributed by atoms with Gasteiger partial charge in [-0.3, -0.25) is 4.79 Å². The maximum Gasteiger partial charge on any atom is 0.312 e. The summed E-state index contributed by atoms with van der Waals surface area (Å²) in [7, 11) is 1.55. The van der Waals surface area contributed by atoms with E-state index in [0.29, 0.717) is 12.3 Å². The van der Waals surface area contributed by atoms with E-state index in [1.54, 1.807) is 7.11 Å². The lowest BCUT2D eigenvalue weighted by molar-refractivity contribution is -0.243. The molecule has 0 aliphatic heterocycles. The monoisotopic (exact) mass is 502 g/mol. The molecule has 0 aromatic carbocycles. The highest BCUT2D eigenvalue weighted by atomic mass is 16.5. The van der Waals surface area contributed by atoms with Crippen molar-refractivity contribution in [3.05, 3.63) is 11.6 Å². The molecule has 0 radical (unpaired) electrons. The van der Waals surface area contributed by atoms with Gasteiger partial charge in [-0.25, -0.2) is 0 Å². The zero-order chi connectivity index (χ0) is 26.5. The normalized spacial score (nSPS) is 53.7. The van der Waals surface area contributed by atoms with E-state index >= 15 is 0 Å². The van der Waals surface area contributed by atoms with Crippen LogP contribution in [0.1, 0.15) is 99.3 Å². The molecule has 3 N–H and O–H groups in total. The number of methoxy groups -OCH3 is 1. The van der Waals surface area contributed by atoms with Crippen LogP contribution in [0.3, 0.4) is 0 Å². The number of esters is 1. The van der Waals surface area contributed by atoms with E-state index in [1.807, 2.05) is 6.92 Å². The Hall–Kier alpha value is -0.910. The third-order valence-electron chi connectivity index (χ3n) is 13.3. The second kappa shape index (κ2) is 8.05. The van der Waals surface area contributed by atoms with Crippen molar-refractivity contribution < 1.29 is 24.9 Å². The molecule has 0 aromatic rings. The molecule has 0 heterocycles. The molecule has 204 valence electrons. The fourth-order valence-electron chi connectivity index (χ4n) is 11.0. The van der Waals surface area contributed by atoms with Gasteiger partial charge in [-0.15, -0.1) is 0 Å². The van der Waals surface area contributed by atoms with Crippen LogP contribution >= 0.6 is 0 Å². The Balaban J connectivity index is 1.61. The van der Waals surface area contributed by atoms with E-state index in [2.05, 4.69) is 40.7 Å². The van der Waals surface area contributed by atoms with E-state index in [4.69, 9.17) is 4.74 Å². The Bertz CT molecular complexity index is 957. The second-order valence-corrected chi connectivity index (χ2v) is 15.2. The Morgan fingerprint density at radius 1 is 0.972 bits per heavy atom. The van der Waals surface area contributed by atoms with E-state index in [9.17, 15) is 20.1 Å². The Labute approximate surface area is 218 Å². The molecule has 5 heteroatoms. The van der Waals surface area contributed by atoms with Gasteiger partial charge < -0.3 is 20.1 Å². The zero-order valence-electron chi connectivity index (χ0n) is 23.7. The molecular weight excluding hydrogens is 452 g/mol. The lowest BCUT2D eigenvalue weighted by atomic mass is 9.33. The number of carbonyl (C=O) groups is 1. The minimum Gasteiger partial charge on any atom is -0.469 e. The quantitative estimate of drug-likeness (QED) is 0.354. The van der Waals surface area contributed by atoms with Crippen molar-refractivity contribution in [3.8, 4) is 0 Å². The van der Waals surface area contributed by atoms with Gasteiger partial charge in [0.15, 0.2) is 0 Å². The minimum absolute atomic E-state index is 0.0167. The molecule has 0 amide bonds. The highest BCUT2D eigenvalue weighted by molar-refractivity contribution is 5.78. The molecule has 4 fully saturated rings. The first-order valence-corrected chi connectivity index (χ1v) is 14.4. The third kappa shape index (κ3) is 3.14. The van der Waals surface area contributed by atoms with Gasteiger partial charge in [0.2, 0.25) is 0 Å². The summed E-state index contributed by atoms with van der Waals surface area (Å²) in [5.74, 6) is 0.721. The average Bonchev–Trinajstić information content (AvgIpc) is 2.82. The Kier molecular flexibility index (Phi) is 5.97. The highest BCUT2D eigenvalue weighted by Crippen LogP contribution is 2.75. The molecule has 10 atom stereocenters.